The molecular weight excluding hydrogens is 422 g/mol. The Morgan fingerprint density at radius 3 is 2.36 bits per heavy atom. The maximum Gasteiger partial charge on any atom is 0.233 e. The molecule has 1 fully saturated rings. The van der Waals surface area contributed by atoms with Gasteiger partial charge in [-0.3, -0.25) is 19.8 Å². The van der Waals surface area contributed by atoms with Gasteiger partial charge in [0.05, 0.1) is 24.1 Å². The van der Waals surface area contributed by atoms with Crippen LogP contribution in [0.3, 0.4) is 0 Å². The molecule has 1 aromatic heterocycles. The number of carbonyl (C=O) groups is 2. The van der Waals surface area contributed by atoms with E-state index in [0.29, 0.717) is 18.0 Å². The van der Waals surface area contributed by atoms with Crippen LogP contribution in [-0.2, 0) is 14.3 Å². The number of carbonyl (C=O) groups excluding carboxylic acids is 2. The lowest BCUT2D eigenvalue weighted by atomic mass is 10.0. The average molecular weight is 450 g/mol. The van der Waals surface area contributed by atoms with Gasteiger partial charge in [0.15, 0.2) is 0 Å². The Balaban J connectivity index is 1.60. The first-order valence-electron chi connectivity index (χ1n) is 10.9. The third-order valence-electron chi connectivity index (χ3n) is 5.24. The number of rotatable bonds is 7. The summed E-state index contributed by atoms with van der Waals surface area (Å²) < 4.78 is 11.5. The van der Waals surface area contributed by atoms with Crippen LogP contribution in [0.15, 0.2) is 42.5 Å². The lowest BCUT2D eigenvalue weighted by molar-refractivity contribution is -0.115. The van der Waals surface area contributed by atoms with E-state index in [2.05, 4.69) is 25.5 Å². The molecule has 0 atom stereocenters. The van der Waals surface area contributed by atoms with E-state index in [1.165, 1.54) is 13.8 Å². The minimum absolute atomic E-state index is 0.112. The number of ether oxygens (including phenoxy) is 2. The summed E-state index contributed by atoms with van der Waals surface area (Å²) >= 11 is 0. The molecule has 1 aliphatic rings. The lowest BCUT2D eigenvalue weighted by Crippen LogP contribution is -2.38. The quantitative estimate of drug-likeness (QED) is 0.571. The van der Waals surface area contributed by atoms with Gasteiger partial charge in [-0.05, 0) is 35.4 Å². The normalized spacial score (nSPS) is 14.1. The van der Waals surface area contributed by atoms with E-state index in [1.54, 1.807) is 0 Å². The van der Waals surface area contributed by atoms with E-state index >= 15 is 0 Å². The zero-order valence-corrected chi connectivity index (χ0v) is 18.8. The van der Waals surface area contributed by atoms with Crippen LogP contribution in [0.4, 0.5) is 11.6 Å². The Hall–Kier alpha value is -3.56. The van der Waals surface area contributed by atoms with E-state index in [4.69, 9.17) is 9.47 Å². The van der Waals surface area contributed by atoms with Crippen molar-refractivity contribution >= 4 is 34.4 Å². The highest BCUT2D eigenvalue weighted by Gasteiger charge is 2.14. The number of nitrogens with one attached hydrogen (secondary N) is 2. The predicted octanol–water partition coefficient (Wildman–Crippen LogP) is 2.92. The molecule has 2 aromatic carbocycles. The molecular formula is C24H27N5O4. The van der Waals surface area contributed by atoms with Crippen LogP contribution in [0.25, 0.3) is 22.0 Å². The van der Waals surface area contributed by atoms with E-state index < -0.39 is 0 Å². The fourth-order valence-electron chi connectivity index (χ4n) is 3.65. The van der Waals surface area contributed by atoms with Crippen molar-refractivity contribution < 1.29 is 19.1 Å². The van der Waals surface area contributed by atoms with E-state index in [0.717, 1.165) is 55.0 Å². The summed E-state index contributed by atoms with van der Waals surface area (Å²) in [5.74, 6) is 0.279. The summed E-state index contributed by atoms with van der Waals surface area (Å²) in [6.07, 6.45) is 0. The molecule has 9 nitrogen and oxygen atoms in total. The van der Waals surface area contributed by atoms with Gasteiger partial charge in [0.1, 0.15) is 6.61 Å². The van der Waals surface area contributed by atoms with Crippen molar-refractivity contribution in [1.29, 1.82) is 0 Å². The van der Waals surface area contributed by atoms with Crippen molar-refractivity contribution in [3.8, 4) is 17.0 Å². The largest absolute Gasteiger partial charge is 0.476 e. The van der Waals surface area contributed by atoms with Crippen molar-refractivity contribution in [2.45, 2.75) is 13.8 Å². The molecule has 0 saturated carbocycles. The number of amides is 2. The summed E-state index contributed by atoms with van der Waals surface area (Å²) in [5, 5.41) is 6.17. The van der Waals surface area contributed by atoms with Crippen LogP contribution in [-0.4, -0.2) is 66.1 Å². The molecule has 3 aromatic rings. The minimum Gasteiger partial charge on any atom is -0.476 e. The lowest BCUT2D eigenvalue weighted by Gasteiger charge is -2.26. The van der Waals surface area contributed by atoms with Gasteiger partial charge < -0.3 is 14.8 Å². The summed E-state index contributed by atoms with van der Waals surface area (Å²) in [5.41, 5.74) is 3.36. The highest BCUT2D eigenvalue weighted by Crippen LogP contribution is 2.30. The number of hydrogen-bond acceptors (Lipinski definition) is 7. The molecule has 0 unspecified atom stereocenters. The highest BCUT2D eigenvalue weighted by molar-refractivity contribution is 5.92. The van der Waals surface area contributed by atoms with Crippen LogP contribution in [0, 0.1) is 0 Å². The Kier molecular flexibility index (Phi) is 7.11. The predicted molar refractivity (Wildman–Crippen MR) is 126 cm³/mol. The second-order valence-electron chi connectivity index (χ2n) is 7.83. The Morgan fingerprint density at radius 1 is 0.970 bits per heavy atom. The molecule has 9 heteroatoms. The minimum atomic E-state index is -0.246. The first-order chi connectivity index (χ1) is 16.0. The molecule has 172 valence electrons. The van der Waals surface area contributed by atoms with Crippen LogP contribution in [0.1, 0.15) is 13.8 Å². The third kappa shape index (κ3) is 6.03. The van der Waals surface area contributed by atoms with Gasteiger partial charge in [-0.15, -0.1) is 0 Å². The number of morpholine rings is 1. The second kappa shape index (κ2) is 10.4. The first-order valence-corrected chi connectivity index (χ1v) is 10.9. The number of benzene rings is 2. The summed E-state index contributed by atoms with van der Waals surface area (Å²) in [6.45, 7) is 7.33. The molecule has 2 N–H and O–H groups in total. The molecule has 33 heavy (non-hydrogen) atoms. The van der Waals surface area contributed by atoms with Crippen molar-refractivity contribution in [1.82, 2.24) is 14.9 Å². The van der Waals surface area contributed by atoms with E-state index in [-0.39, 0.29) is 17.8 Å². The van der Waals surface area contributed by atoms with Gasteiger partial charge >= 0.3 is 0 Å². The number of nitrogens with zero attached hydrogens (tertiary/aromatic N) is 3. The zero-order valence-electron chi connectivity index (χ0n) is 18.8. The molecule has 2 heterocycles. The maximum atomic E-state index is 11.5. The van der Waals surface area contributed by atoms with Gasteiger partial charge in [0.2, 0.25) is 23.6 Å². The Labute approximate surface area is 192 Å². The van der Waals surface area contributed by atoms with Gasteiger partial charge in [-0.2, -0.15) is 4.98 Å². The Morgan fingerprint density at radius 2 is 1.67 bits per heavy atom. The number of hydrogen-bond donors (Lipinski definition) is 2. The number of anilines is 2. The van der Waals surface area contributed by atoms with Crippen molar-refractivity contribution in [3.05, 3.63) is 42.5 Å². The summed E-state index contributed by atoms with van der Waals surface area (Å²) in [7, 11) is 0. The van der Waals surface area contributed by atoms with Crippen molar-refractivity contribution in [2.75, 3.05) is 50.1 Å². The van der Waals surface area contributed by atoms with Gasteiger partial charge in [-0.1, -0.05) is 18.2 Å². The fourth-order valence-corrected chi connectivity index (χ4v) is 3.65. The fraction of sp³-hybridized carbons (Fsp3) is 0.333. The Bertz CT molecular complexity index is 1140. The molecule has 2 amide bonds. The zero-order chi connectivity index (χ0) is 23.2. The number of fused-ring (bicyclic) bond motifs is 1. The first kappa shape index (κ1) is 22.6. The van der Waals surface area contributed by atoms with Crippen molar-refractivity contribution in [2.24, 2.45) is 0 Å². The molecule has 1 saturated heterocycles. The molecule has 4 rings (SSSR count). The van der Waals surface area contributed by atoms with E-state index in [9.17, 15) is 9.59 Å². The maximum absolute atomic E-state index is 11.5. The van der Waals surface area contributed by atoms with Gasteiger partial charge in [-0.25, -0.2) is 4.98 Å². The molecule has 0 spiro atoms. The van der Waals surface area contributed by atoms with Crippen LogP contribution in [0.2, 0.25) is 0 Å². The smallest absolute Gasteiger partial charge is 0.233 e. The number of aromatic nitrogens is 2. The molecule has 0 aliphatic carbocycles. The van der Waals surface area contributed by atoms with Crippen LogP contribution in [0.5, 0.6) is 5.88 Å². The third-order valence-corrected chi connectivity index (χ3v) is 5.24. The summed E-state index contributed by atoms with van der Waals surface area (Å²) in [4.78, 5) is 34.0. The average Bonchev–Trinajstić information content (AvgIpc) is 2.79. The SMILES string of the molecule is CC(=O)Nc1ccc(-c2ccc3nc(NC(C)=O)nc(OCCN4CCOCC4)c3c2)cc1. The standard InChI is InChI=1S/C24H27N5O4/c1-16(30)25-20-6-3-18(4-7-20)19-5-8-22-21(15-19)23(28-24(27-22)26-17(2)31)33-14-11-29-9-12-32-13-10-29/h3-8,15H,9-14H2,1-2H3,(H,25,30)(H,26,27,28,31). The highest BCUT2D eigenvalue weighted by atomic mass is 16.5. The van der Waals surface area contributed by atoms with Crippen LogP contribution < -0.4 is 15.4 Å². The van der Waals surface area contributed by atoms with Crippen LogP contribution >= 0.6 is 0 Å². The summed E-state index contributed by atoms with van der Waals surface area (Å²) in [6, 6.07) is 13.4. The van der Waals surface area contributed by atoms with E-state index in [1.807, 2.05) is 42.5 Å². The second-order valence-corrected chi connectivity index (χ2v) is 7.83. The molecule has 0 radical (unpaired) electrons. The van der Waals surface area contributed by atoms with Gasteiger partial charge in [0.25, 0.3) is 0 Å². The van der Waals surface area contributed by atoms with Crippen molar-refractivity contribution in [3.63, 3.8) is 0 Å². The molecule has 0 bridgehead atoms. The molecule has 1 aliphatic heterocycles. The monoisotopic (exact) mass is 449 g/mol. The van der Waals surface area contributed by atoms with Gasteiger partial charge in [0, 0.05) is 39.2 Å². The topological polar surface area (TPSA) is 106 Å².